The van der Waals surface area contributed by atoms with E-state index in [0.717, 1.165) is 11.1 Å². The van der Waals surface area contributed by atoms with Crippen molar-refractivity contribution in [1.82, 2.24) is 15.5 Å². The molecule has 1 saturated carbocycles. The molecule has 1 aliphatic rings. The van der Waals surface area contributed by atoms with Gasteiger partial charge in [0.15, 0.2) is 0 Å². The molecular formula is C13H11BrF3N3S. The van der Waals surface area contributed by atoms with Gasteiger partial charge < -0.3 is 5.32 Å². The molecule has 1 aromatic heterocycles. The molecule has 0 atom stereocenters. The second-order valence-corrected chi connectivity index (χ2v) is 6.76. The van der Waals surface area contributed by atoms with Crippen LogP contribution in [0.5, 0.6) is 0 Å². The zero-order valence-electron chi connectivity index (χ0n) is 10.7. The first-order valence-corrected chi connectivity index (χ1v) is 7.97. The fourth-order valence-corrected chi connectivity index (χ4v) is 3.09. The summed E-state index contributed by atoms with van der Waals surface area (Å²) in [6.45, 7) is 0.616. The van der Waals surface area contributed by atoms with Crippen LogP contribution < -0.4 is 5.32 Å². The minimum absolute atomic E-state index is 0.0267. The lowest BCUT2D eigenvalue weighted by Gasteiger charge is -2.09. The summed E-state index contributed by atoms with van der Waals surface area (Å²) in [5.41, 5.74) is -0.270. The Morgan fingerprint density at radius 3 is 2.71 bits per heavy atom. The third kappa shape index (κ3) is 3.61. The van der Waals surface area contributed by atoms with E-state index in [1.807, 2.05) is 0 Å². The van der Waals surface area contributed by atoms with Crippen LogP contribution in [0, 0.1) is 0 Å². The van der Waals surface area contributed by atoms with Crippen molar-refractivity contribution >= 4 is 27.3 Å². The number of nitrogens with zero attached hydrogens (tertiary/aromatic N) is 2. The molecule has 0 amide bonds. The Kier molecular flexibility index (Phi) is 4.02. The number of hydrogen-bond acceptors (Lipinski definition) is 4. The number of rotatable bonds is 4. The van der Waals surface area contributed by atoms with Gasteiger partial charge in [-0.25, -0.2) is 0 Å². The Bertz CT molecular complexity index is 652. The molecule has 0 aliphatic heterocycles. The van der Waals surface area contributed by atoms with Gasteiger partial charge in [0.25, 0.3) is 0 Å². The zero-order valence-corrected chi connectivity index (χ0v) is 13.1. The number of alkyl halides is 3. The Labute approximate surface area is 131 Å². The highest BCUT2D eigenvalue weighted by Gasteiger charge is 2.33. The summed E-state index contributed by atoms with van der Waals surface area (Å²) in [4.78, 5) is 0. The molecule has 3 nitrogen and oxygen atoms in total. The summed E-state index contributed by atoms with van der Waals surface area (Å²) in [5.74, 6) is 0. The molecule has 3 rings (SSSR count). The van der Waals surface area contributed by atoms with E-state index < -0.39 is 11.7 Å². The fraction of sp³-hybridized carbons (Fsp3) is 0.385. The third-order valence-electron chi connectivity index (χ3n) is 3.10. The van der Waals surface area contributed by atoms with Crippen LogP contribution in [0.3, 0.4) is 0 Å². The summed E-state index contributed by atoms with van der Waals surface area (Å²) in [7, 11) is 0. The minimum Gasteiger partial charge on any atom is -0.308 e. The van der Waals surface area contributed by atoms with Crippen LogP contribution in [0.4, 0.5) is 13.2 Å². The van der Waals surface area contributed by atoms with Gasteiger partial charge in [0.1, 0.15) is 10.0 Å². The molecule has 2 aromatic rings. The van der Waals surface area contributed by atoms with Gasteiger partial charge >= 0.3 is 6.18 Å². The van der Waals surface area contributed by atoms with Crippen molar-refractivity contribution < 1.29 is 13.2 Å². The first kappa shape index (κ1) is 14.9. The number of hydrogen-bond donors (Lipinski definition) is 1. The van der Waals surface area contributed by atoms with Gasteiger partial charge in [-0.1, -0.05) is 33.3 Å². The van der Waals surface area contributed by atoms with E-state index in [9.17, 15) is 13.2 Å². The van der Waals surface area contributed by atoms with E-state index >= 15 is 0 Å². The maximum atomic E-state index is 12.9. The highest BCUT2D eigenvalue weighted by atomic mass is 79.9. The number of benzene rings is 1. The van der Waals surface area contributed by atoms with Crippen molar-refractivity contribution in [2.45, 2.75) is 31.6 Å². The predicted octanol–water partition coefficient (Wildman–Crippen LogP) is 4.24. The second kappa shape index (κ2) is 5.66. The van der Waals surface area contributed by atoms with Gasteiger partial charge in [0.05, 0.1) is 5.56 Å². The second-order valence-electron chi connectivity index (χ2n) is 4.85. The van der Waals surface area contributed by atoms with Crippen LogP contribution in [0.15, 0.2) is 22.7 Å². The Morgan fingerprint density at radius 2 is 2.05 bits per heavy atom. The number of halogens is 4. The number of aromatic nitrogens is 2. The molecule has 1 heterocycles. The molecular weight excluding hydrogens is 367 g/mol. The molecule has 0 radical (unpaired) electrons. The molecule has 1 fully saturated rings. The lowest BCUT2D eigenvalue weighted by atomic mass is 10.1. The quantitative estimate of drug-likeness (QED) is 0.865. The lowest BCUT2D eigenvalue weighted by Crippen LogP contribution is -2.14. The lowest BCUT2D eigenvalue weighted by molar-refractivity contribution is -0.138. The van der Waals surface area contributed by atoms with E-state index in [2.05, 4.69) is 31.4 Å². The molecule has 1 aliphatic carbocycles. The third-order valence-corrected chi connectivity index (χ3v) is 4.77. The van der Waals surface area contributed by atoms with E-state index in [1.165, 1.54) is 30.2 Å². The number of nitrogens with one attached hydrogen (secondary N) is 1. The predicted molar refractivity (Wildman–Crippen MR) is 77.9 cm³/mol. The minimum atomic E-state index is -4.39. The van der Waals surface area contributed by atoms with Crippen molar-refractivity contribution in [1.29, 1.82) is 0 Å². The van der Waals surface area contributed by atoms with Gasteiger partial charge in [-0.3, -0.25) is 0 Å². The van der Waals surface area contributed by atoms with E-state index in [0.29, 0.717) is 23.2 Å². The molecule has 0 saturated heterocycles. The summed E-state index contributed by atoms with van der Waals surface area (Å²) in [5, 5.41) is 12.6. The first-order valence-electron chi connectivity index (χ1n) is 6.36. The average molecular weight is 378 g/mol. The van der Waals surface area contributed by atoms with Crippen molar-refractivity contribution in [3.63, 3.8) is 0 Å². The highest BCUT2D eigenvalue weighted by Crippen LogP contribution is 2.37. The van der Waals surface area contributed by atoms with Crippen molar-refractivity contribution in [3.05, 3.63) is 33.2 Å². The summed E-state index contributed by atoms with van der Waals surface area (Å²) in [6, 6.07) is 4.66. The summed E-state index contributed by atoms with van der Waals surface area (Å²) in [6.07, 6.45) is -2.05. The molecule has 0 unspecified atom stereocenters. The Balaban J connectivity index is 1.82. The van der Waals surface area contributed by atoms with Crippen molar-refractivity contribution in [2.24, 2.45) is 0 Å². The highest BCUT2D eigenvalue weighted by molar-refractivity contribution is 9.10. The molecule has 1 N–H and O–H groups in total. The maximum Gasteiger partial charge on any atom is 0.417 e. The van der Waals surface area contributed by atoms with Gasteiger partial charge in [-0.2, -0.15) is 13.2 Å². The van der Waals surface area contributed by atoms with Crippen LogP contribution in [0.25, 0.3) is 10.6 Å². The molecule has 0 bridgehead atoms. The largest absolute Gasteiger partial charge is 0.417 e. The Hall–Kier alpha value is -0.990. The SMILES string of the molecule is FC(F)(F)c1cc(-c2nnc(CNC3CC3)s2)ccc1Br. The summed E-state index contributed by atoms with van der Waals surface area (Å²) >= 11 is 4.24. The fourth-order valence-electron chi connectivity index (χ4n) is 1.84. The molecule has 8 heteroatoms. The molecule has 0 spiro atoms. The molecule has 1 aromatic carbocycles. The topological polar surface area (TPSA) is 37.8 Å². The van der Waals surface area contributed by atoms with Crippen LogP contribution in [0.2, 0.25) is 0 Å². The molecule has 21 heavy (non-hydrogen) atoms. The molecule has 112 valence electrons. The van der Waals surface area contributed by atoms with Crippen LogP contribution >= 0.6 is 27.3 Å². The normalized spacial score (nSPS) is 15.4. The van der Waals surface area contributed by atoms with Crippen molar-refractivity contribution in [3.8, 4) is 10.6 Å². The average Bonchev–Trinajstić information content (AvgIpc) is 3.13. The Morgan fingerprint density at radius 1 is 1.29 bits per heavy atom. The van der Waals surface area contributed by atoms with Crippen LogP contribution in [-0.2, 0) is 12.7 Å². The van der Waals surface area contributed by atoms with Crippen LogP contribution in [0.1, 0.15) is 23.4 Å². The van der Waals surface area contributed by atoms with E-state index in [-0.39, 0.29) is 4.47 Å². The van der Waals surface area contributed by atoms with E-state index in [1.54, 1.807) is 6.07 Å². The van der Waals surface area contributed by atoms with E-state index in [4.69, 9.17) is 0 Å². The van der Waals surface area contributed by atoms with Gasteiger partial charge in [-0.05, 0) is 25.0 Å². The zero-order chi connectivity index (χ0) is 15.0. The summed E-state index contributed by atoms with van der Waals surface area (Å²) < 4.78 is 38.7. The standard InChI is InChI=1S/C13H11BrF3N3S/c14-10-4-1-7(5-9(10)13(15,16)17)12-20-19-11(21-12)6-18-8-2-3-8/h1,4-5,8,18H,2-3,6H2. The van der Waals surface area contributed by atoms with Gasteiger partial charge in [0.2, 0.25) is 0 Å². The van der Waals surface area contributed by atoms with Crippen LogP contribution in [-0.4, -0.2) is 16.2 Å². The van der Waals surface area contributed by atoms with Gasteiger partial charge in [0, 0.05) is 22.6 Å². The van der Waals surface area contributed by atoms with Gasteiger partial charge in [-0.15, -0.1) is 10.2 Å². The smallest absolute Gasteiger partial charge is 0.308 e. The monoisotopic (exact) mass is 377 g/mol. The maximum absolute atomic E-state index is 12.9. The van der Waals surface area contributed by atoms with Crippen molar-refractivity contribution in [2.75, 3.05) is 0 Å². The first-order chi connectivity index (χ1) is 9.93.